The van der Waals surface area contributed by atoms with Gasteiger partial charge in [0.2, 0.25) is 0 Å². The van der Waals surface area contributed by atoms with Crippen molar-refractivity contribution in [3.8, 4) is 0 Å². The fraction of sp³-hybridized carbons (Fsp3) is 0.235. The summed E-state index contributed by atoms with van der Waals surface area (Å²) in [6, 6.07) is 6.46. The van der Waals surface area contributed by atoms with Crippen molar-refractivity contribution < 1.29 is 19.1 Å². The molecule has 0 aliphatic carbocycles. The van der Waals surface area contributed by atoms with Crippen molar-refractivity contribution in [2.45, 2.75) is 6.92 Å². The Morgan fingerprint density at radius 1 is 1.44 bits per heavy atom. The third-order valence-electron chi connectivity index (χ3n) is 3.49. The lowest BCUT2D eigenvalue weighted by molar-refractivity contribution is 0.0482. The summed E-state index contributed by atoms with van der Waals surface area (Å²) < 4.78 is 16.6. The first-order valence-electron chi connectivity index (χ1n) is 7.45. The molecule has 2 aromatic rings. The molecular weight excluding hydrogens is 440 g/mol. The van der Waals surface area contributed by atoms with Crippen molar-refractivity contribution in [3.05, 3.63) is 51.5 Å². The van der Waals surface area contributed by atoms with E-state index in [1.807, 2.05) is 22.6 Å². The van der Waals surface area contributed by atoms with Gasteiger partial charge in [-0.15, -0.1) is 0 Å². The van der Waals surface area contributed by atoms with Crippen LogP contribution in [0.4, 0.5) is 15.9 Å². The lowest BCUT2D eigenvalue weighted by Gasteiger charge is -2.14. The standard InChI is InChI=1S/C17H19FIN3O3/c1-10(21-25-7-6-23)13-9-16(11(2)24)22(3)17(13)20-15-5-4-12(19)8-14(15)18/h4-5,8-9,20-21,23H,1,6-7H2,2-3H3. The molecule has 0 saturated carbocycles. The number of hydroxylamine groups is 1. The van der Waals surface area contributed by atoms with Gasteiger partial charge in [0.1, 0.15) is 11.6 Å². The van der Waals surface area contributed by atoms with Crippen LogP contribution in [0.1, 0.15) is 23.0 Å². The molecule has 0 aliphatic rings. The number of aliphatic hydroxyl groups excluding tert-OH is 1. The maximum absolute atomic E-state index is 14.2. The molecule has 1 aromatic heterocycles. The second kappa shape index (κ2) is 8.45. The minimum atomic E-state index is -0.404. The van der Waals surface area contributed by atoms with E-state index in [9.17, 15) is 9.18 Å². The summed E-state index contributed by atoms with van der Waals surface area (Å²) in [5.41, 5.74) is 4.27. The third-order valence-corrected chi connectivity index (χ3v) is 4.16. The van der Waals surface area contributed by atoms with Gasteiger partial charge in [0, 0.05) is 23.1 Å². The van der Waals surface area contributed by atoms with Crippen LogP contribution in [0.25, 0.3) is 5.70 Å². The van der Waals surface area contributed by atoms with Crippen LogP contribution in [-0.2, 0) is 11.9 Å². The number of halogens is 2. The SMILES string of the molecule is C=C(NOCCO)c1cc(C(C)=O)n(C)c1Nc1ccc(I)cc1F. The quantitative estimate of drug-likeness (QED) is 0.245. The molecule has 0 bridgehead atoms. The lowest BCUT2D eigenvalue weighted by Crippen LogP contribution is -2.15. The maximum Gasteiger partial charge on any atom is 0.176 e. The summed E-state index contributed by atoms with van der Waals surface area (Å²) in [5.74, 6) is -0.0436. The minimum Gasteiger partial charge on any atom is -0.394 e. The Labute approximate surface area is 158 Å². The van der Waals surface area contributed by atoms with E-state index in [1.54, 1.807) is 29.8 Å². The zero-order valence-corrected chi connectivity index (χ0v) is 16.1. The summed E-state index contributed by atoms with van der Waals surface area (Å²) in [6.07, 6.45) is 0. The van der Waals surface area contributed by atoms with Crippen LogP contribution >= 0.6 is 22.6 Å². The molecule has 25 heavy (non-hydrogen) atoms. The number of rotatable bonds is 8. The average molecular weight is 459 g/mol. The minimum absolute atomic E-state index is 0.0833. The van der Waals surface area contributed by atoms with Crippen molar-refractivity contribution in [1.82, 2.24) is 10.0 Å². The summed E-state index contributed by atoms with van der Waals surface area (Å²) in [6.45, 7) is 5.26. The Bertz CT molecular complexity index is 805. The second-order valence-electron chi connectivity index (χ2n) is 5.31. The number of hydrogen-bond acceptors (Lipinski definition) is 5. The number of carbonyl (C=O) groups excluding carboxylic acids is 1. The fourth-order valence-corrected chi connectivity index (χ4v) is 2.73. The summed E-state index contributed by atoms with van der Waals surface area (Å²) >= 11 is 2.03. The maximum atomic E-state index is 14.2. The first kappa shape index (κ1) is 19.4. The Morgan fingerprint density at radius 2 is 2.16 bits per heavy atom. The predicted molar refractivity (Wildman–Crippen MR) is 103 cm³/mol. The highest BCUT2D eigenvalue weighted by Crippen LogP contribution is 2.30. The van der Waals surface area contributed by atoms with Crippen molar-refractivity contribution >= 4 is 45.6 Å². The average Bonchev–Trinajstić information content (AvgIpc) is 2.87. The number of ketones is 1. The van der Waals surface area contributed by atoms with Crippen molar-refractivity contribution in [2.75, 3.05) is 18.5 Å². The number of hydrogen-bond donors (Lipinski definition) is 3. The highest BCUT2D eigenvalue weighted by molar-refractivity contribution is 14.1. The van der Waals surface area contributed by atoms with E-state index in [0.29, 0.717) is 22.8 Å². The fourth-order valence-electron chi connectivity index (χ4n) is 2.28. The van der Waals surface area contributed by atoms with Crippen LogP contribution in [0, 0.1) is 9.39 Å². The molecule has 0 fully saturated rings. The molecule has 0 atom stereocenters. The van der Waals surface area contributed by atoms with E-state index in [0.717, 1.165) is 3.57 Å². The smallest absolute Gasteiger partial charge is 0.176 e. The van der Waals surface area contributed by atoms with Crippen LogP contribution in [0.5, 0.6) is 0 Å². The summed E-state index contributed by atoms with van der Waals surface area (Å²) in [7, 11) is 1.70. The second-order valence-corrected chi connectivity index (χ2v) is 6.55. The van der Waals surface area contributed by atoms with Gasteiger partial charge in [0.05, 0.1) is 30.3 Å². The topological polar surface area (TPSA) is 75.5 Å². The summed E-state index contributed by atoms with van der Waals surface area (Å²) in [4.78, 5) is 16.9. The third kappa shape index (κ3) is 4.59. The number of aliphatic hydroxyl groups is 1. The molecule has 2 rings (SSSR count). The molecule has 134 valence electrons. The highest BCUT2D eigenvalue weighted by Gasteiger charge is 2.19. The lowest BCUT2D eigenvalue weighted by atomic mass is 10.2. The van der Waals surface area contributed by atoms with Gasteiger partial charge in [0.25, 0.3) is 0 Å². The van der Waals surface area contributed by atoms with Crippen LogP contribution in [0.2, 0.25) is 0 Å². The van der Waals surface area contributed by atoms with E-state index in [2.05, 4.69) is 17.4 Å². The highest BCUT2D eigenvalue weighted by atomic mass is 127. The Morgan fingerprint density at radius 3 is 2.76 bits per heavy atom. The van der Waals surface area contributed by atoms with E-state index >= 15 is 0 Å². The Balaban J connectivity index is 2.40. The largest absolute Gasteiger partial charge is 0.394 e. The van der Waals surface area contributed by atoms with E-state index < -0.39 is 5.82 Å². The molecular formula is C17H19FIN3O3. The molecule has 0 spiro atoms. The van der Waals surface area contributed by atoms with Gasteiger partial charge in [-0.3, -0.25) is 15.1 Å². The predicted octanol–water partition coefficient (Wildman–Crippen LogP) is 3.20. The van der Waals surface area contributed by atoms with Gasteiger partial charge in [-0.25, -0.2) is 4.39 Å². The molecule has 0 aliphatic heterocycles. The van der Waals surface area contributed by atoms with Gasteiger partial charge in [-0.1, -0.05) is 6.58 Å². The molecule has 6 nitrogen and oxygen atoms in total. The molecule has 1 aromatic carbocycles. The van der Waals surface area contributed by atoms with Gasteiger partial charge in [0.15, 0.2) is 5.78 Å². The number of nitrogens with one attached hydrogen (secondary N) is 2. The van der Waals surface area contributed by atoms with Crippen molar-refractivity contribution in [3.63, 3.8) is 0 Å². The number of nitrogens with zero attached hydrogens (tertiary/aromatic N) is 1. The van der Waals surface area contributed by atoms with Crippen molar-refractivity contribution in [1.29, 1.82) is 0 Å². The molecule has 1 heterocycles. The van der Waals surface area contributed by atoms with Gasteiger partial charge in [-0.2, -0.15) is 0 Å². The van der Waals surface area contributed by atoms with Crippen LogP contribution < -0.4 is 10.8 Å². The van der Waals surface area contributed by atoms with E-state index in [4.69, 9.17) is 9.94 Å². The zero-order chi connectivity index (χ0) is 18.6. The molecule has 0 unspecified atom stereocenters. The molecule has 3 N–H and O–H groups in total. The first-order chi connectivity index (χ1) is 11.8. The van der Waals surface area contributed by atoms with E-state index in [1.165, 1.54) is 13.0 Å². The molecule has 0 radical (unpaired) electrons. The number of Topliss-reactive ketones (excluding diaryl/α,β-unsaturated/α-hetero) is 1. The number of carbonyl (C=O) groups is 1. The van der Waals surface area contributed by atoms with Crippen LogP contribution in [0.3, 0.4) is 0 Å². The number of benzene rings is 1. The number of anilines is 2. The summed E-state index contributed by atoms with van der Waals surface area (Å²) in [5, 5.41) is 11.8. The first-order valence-corrected chi connectivity index (χ1v) is 8.53. The number of aromatic nitrogens is 1. The van der Waals surface area contributed by atoms with Gasteiger partial charge in [-0.05, 0) is 46.9 Å². The molecule has 0 saturated heterocycles. The van der Waals surface area contributed by atoms with Crippen LogP contribution in [0.15, 0.2) is 30.8 Å². The van der Waals surface area contributed by atoms with Crippen LogP contribution in [-0.4, -0.2) is 28.7 Å². The van der Waals surface area contributed by atoms with Gasteiger partial charge >= 0.3 is 0 Å². The Kier molecular flexibility index (Phi) is 6.57. The monoisotopic (exact) mass is 459 g/mol. The Hall–Kier alpha value is -1.91. The van der Waals surface area contributed by atoms with Crippen molar-refractivity contribution in [2.24, 2.45) is 7.05 Å². The molecule has 0 amide bonds. The van der Waals surface area contributed by atoms with E-state index in [-0.39, 0.29) is 24.7 Å². The molecule has 8 heteroatoms. The normalized spacial score (nSPS) is 10.6. The van der Waals surface area contributed by atoms with Gasteiger partial charge < -0.3 is 15.0 Å². The zero-order valence-electron chi connectivity index (χ0n) is 13.9.